The van der Waals surface area contributed by atoms with Gasteiger partial charge < -0.3 is 4.42 Å². The molecule has 0 amide bonds. The highest BCUT2D eigenvalue weighted by atomic mass is 32.1. The van der Waals surface area contributed by atoms with Crippen molar-refractivity contribution in [3.05, 3.63) is 51.3 Å². The first-order chi connectivity index (χ1) is 10.2. The predicted octanol–water partition coefficient (Wildman–Crippen LogP) is 3.98. The smallest absolute Gasteiger partial charge is 0.205 e. The van der Waals surface area contributed by atoms with Crippen molar-refractivity contribution in [3.8, 4) is 10.6 Å². The number of thiazole rings is 1. The number of hydrogen-bond donors (Lipinski definition) is 0. The summed E-state index contributed by atoms with van der Waals surface area (Å²) in [5.41, 5.74) is 1.88. The van der Waals surface area contributed by atoms with Gasteiger partial charge in [0, 0.05) is 12.4 Å². The minimum absolute atomic E-state index is 0.783. The van der Waals surface area contributed by atoms with E-state index in [0.717, 1.165) is 27.7 Å². The van der Waals surface area contributed by atoms with Crippen molar-refractivity contribution in [1.82, 2.24) is 4.68 Å². The number of furan rings is 1. The summed E-state index contributed by atoms with van der Waals surface area (Å²) >= 11 is 3.27. The zero-order valence-electron chi connectivity index (χ0n) is 12.0. The van der Waals surface area contributed by atoms with Crippen LogP contribution in [0.2, 0.25) is 0 Å². The van der Waals surface area contributed by atoms with Crippen LogP contribution < -0.4 is 4.80 Å². The number of aryl methyl sites for hydroxylation is 1. The highest BCUT2D eigenvalue weighted by Crippen LogP contribution is 2.25. The van der Waals surface area contributed by atoms with Crippen LogP contribution in [0, 0.1) is 6.92 Å². The summed E-state index contributed by atoms with van der Waals surface area (Å²) in [4.78, 5) is 6.34. The van der Waals surface area contributed by atoms with Crippen molar-refractivity contribution >= 4 is 28.4 Å². The first kappa shape index (κ1) is 14.0. The molecule has 0 aliphatic heterocycles. The highest BCUT2D eigenvalue weighted by molar-refractivity contribution is 7.14. The van der Waals surface area contributed by atoms with Gasteiger partial charge in [-0.25, -0.2) is 4.68 Å². The Morgan fingerprint density at radius 3 is 2.71 bits per heavy atom. The third kappa shape index (κ3) is 2.77. The molecule has 21 heavy (non-hydrogen) atoms. The van der Waals surface area contributed by atoms with Crippen LogP contribution in [0.15, 0.2) is 49.5 Å². The zero-order chi connectivity index (χ0) is 14.8. The van der Waals surface area contributed by atoms with E-state index in [0.29, 0.717) is 0 Å². The van der Waals surface area contributed by atoms with Gasteiger partial charge in [0.25, 0.3) is 0 Å². The first-order valence-corrected chi connectivity index (χ1v) is 8.24. The molecule has 3 heterocycles. The van der Waals surface area contributed by atoms with E-state index in [1.54, 1.807) is 29.7 Å². The van der Waals surface area contributed by atoms with E-state index in [-0.39, 0.29) is 0 Å². The third-order valence-corrected chi connectivity index (χ3v) is 4.80. The first-order valence-electron chi connectivity index (χ1n) is 6.48. The van der Waals surface area contributed by atoms with E-state index in [1.165, 1.54) is 4.88 Å². The fourth-order valence-corrected chi connectivity index (χ4v) is 3.56. The Bertz CT molecular complexity index is 835. The second-order valence-electron chi connectivity index (χ2n) is 4.51. The summed E-state index contributed by atoms with van der Waals surface area (Å²) in [5.74, 6) is 1.67. The second kappa shape index (κ2) is 5.83. The van der Waals surface area contributed by atoms with E-state index < -0.39 is 0 Å². The van der Waals surface area contributed by atoms with Crippen LogP contribution in [0.1, 0.15) is 18.4 Å². The summed E-state index contributed by atoms with van der Waals surface area (Å²) in [6, 6.07) is 8.01. The molecule has 3 rings (SSSR count). The molecule has 0 aromatic carbocycles. The molecule has 0 fully saturated rings. The number of rotatable bonds is 3. The molecule has 4 nitrogen and oxygen atoms in total. The fourth-order valence-electron chi connectivity index (χ4n) is 1.97. The molecular weight excluding hydrogens is 302 g/mol. The van der Waals surface area contributed by atoms with Crippen LogP contribution >= 0.6 is 22.7 Å². The van der Waals surface area contributed by atoms with Crippen LogP contribution in [0.25, 0.3) is 10.6 Å². The van der Waals surface area contributed by atoms with Gasteiger partial charge in [-0.2, -0.15) is 5.10 Å². The van der Waals surface area contributed by atoms with E-state index in [2.05, 4.69) is 21.8 Å². The van der Waals surface area contributed by atoms with Gasteiger partial charge in [-0.1, -0.05) is 6.07 Å². The molecule has 6 heteroatoms. The summed E-state index contributed by atoms with van der Waals surface area (Å²) in [7, 11) is 1.78. The maximum atomic E-state index is 5.63. The van der Waals surface area contributed by atoms with E-state index in [4.69, 9.17) is 9.52 Å². The Balaban J connectivity index is 2.12. The lowest BCUT2D eigenvalue weighted by atomic mass is 10.3. The molecule has 0 aliphatic rings. The molecule has 3 aromatic heterocycles. The van der Waals surface area contributed by atoms with E-state index >= 15 is 0 Å². The molecule has 0 spiro atoms. The van der Waals surface area contributed by atoms with Gasteiger partial charge in [-0.05, 0) is 37.4 Å². The predicted molar refractivity (Wildman–Crippen MR) is 88.2 cm³/mol. The molecule has 0 unspecified atom stereocenters. The molecule has 0 N–H and O–H groups in total. The van der Waals surface area contributed by atoms with Crippen LogP contribution in [0.4, 0.5) is 0 Å². The van der Waals surface area contributed by atoms with Gasteiger partial charge in [0.2, 0.25) is 4.80 Å². The molecule has 0 aliphatic carbocycles. The molecule has 0 atom stereocenters. The Morgan fingerprint density at radius 1 is 1.24 bits per heavy atom. The van der Waals surface area contributed by atoms with Gasteiger partial charge in [0.15, 0.2) is 0 Å². The van der Waals surface area contributed by atoms with Crippen molar-refractivity contribution in [3.63, 3.8) is 0 Å². The maximum Gasteiger partial charge on any atom is 0.205 e. The second-order valence-corrected chi connectivity index (χ2v) is 6.30. The average Bonchev–Trinajstić information content (AvgIpc) is 3.17. The molecule has 0 bridgehead atoms. The fraction of sp³-hybridized carbons (Fsp3) is 0.200. The molecular formula is C15H15N3OS2. The van der Waals surface area contributed by atoms with Crippen LogP contribution in [0.5, 0.6) is 0 Å². The van der Waals surface area contributed by atoms with Gasteiger partial charge in [0.1, 0.15) is 17.2 Å². The lowest BCUT2D eigenvalue weighted by molar-refractivity contribution is 0.524. The van der Waals surface area contributed by atoms with Gasteiger partial charge in [-0.15, -0.1) is 22.7 Å². The summed E-state index contributed by atoms with van der Waals surface area (Å²) < 4.78 is 7.51. The number of aromatic nitrogens is 1. The van der Waals surface area contributed by atoms with Gasteiger partial charge in [0.05, 0.1) is 10.6 Å². The van der Waals surface area contributed by atoms with E-state index in [9.17, 15) is 0 Å². The SMILES string of the molecule is CN=c1scc(-c2cccs2)n1N=C(C)c1ccc(C)o1. The van der Waals surface area contributed by atoms with Crippen LogP contribution in [-0.2, 0) is 0 Å². The summed E-state index contributed by atoms with van der Waals surface area (Å²) in [6.07, 6.45) is 0. The number of hydrogen-bond acceptors (Lipinski definition) is 5. The van der Waals surface area contributed by atoms with Crippen molar-refractivity contribution in [2.24, 2.45) is 10.1 Å². The number of nitrogens with zero attached hydrogens (tertiary/aromatic N) is 3. The Kier molecular flexibility index (Phi) is 3.90. The molecule has 0 radical (unpaired) electrons. The largest absolute Gasteiger partial charge is 0.460 e. The minimum Gasteiger partial charge on any atom is -0.460 e. The lowest BCUT2D eigenvalue weighted by Crippen LogP contribution is -2.13. The maximum absolute atomic E-state index is 5.63. The number of thiophene rings is 1. The quantitative estimate of drug-likeness (QED) is 0.674. The standard InChI is InChI=1S/C15H15N3OS2/c1-10-6-7-13(19-10)11(2)17-18-12(9-21-15(18)16-3)14-5-4-8-20-14/h4-9H,1-3H3. The molecule has 0 saturated carbocycles. The van der Waals surface area contributed by atoms with Crippen LogP contribution in [0.3, 0.4) is 0 Å². The molecule has 3 aromatic rings. The Labute approximate surface area is 130 Å². The topological polar surface area (TPSA) is 42.8 Å². The third-order valence-electron chi connectivity index (χ3n) is 3.00. The monoisotopic (exact) mass is 317 g/mol. The van der Waals surface area contributed by atoms with Crippen molar-refractivity contribution in [2.75, 3.05) is 7.05 Å². The minimum atomic E-state index is 0.783. The normalized spacial score (nSPS) is 13.1. The van der Waals surface area contributed by atoms with E-state index in [1.807, 2.05) is 36.7 Å². The highest BCUT2D eigenvalue weighted by Gasteiger charge is 2.10. The Morgan fingerprint density at radius 2 is 2.10 bits per heavy atom. The van der Waals surface area contributed by atoms with Crippen molar-refractivity contribution in [2.45, 2.75) is 13.8 Å². The lowest BCUT2D eigenvalue weighted by Gasteiger charge is -2.02. The van der Waals surface area contributed by atoms with Crippen LogP contribution in [-0.4, -0.2) is 17.4 Å². The van der Waals surface area contributed by atoms with Gasteiger partial charge in [-0.3, -0.25) is 4.99 Å². The summed E-state index contributed by atoms with van der Waals surface area (Å²) in [6.45, 7) is 3.87. The van der Waals surface area contributed by atoms with Crippen molar-refractivity contribution < 1.29 is 4.42 Å². The molecule has 0 saturated heterocycles. The Hall–Kier alpha value is -1.92. The molecule has 108 valence electrons. The zero-order valence-corrected chi connectivity index (χ0v) is 13.7. The average molecular weight is 317 g/mol. The van der Waals surface area contributed by atoms with Gasteiger partial charge >= 0.3 is 0 Å². The van der Waals surface area contributed by atoms with Crippen molar-refractivity contribution in [1.29, 1.82) is 0 Å². The summed E-state index contributed by atoms with van der Waals surface area (Å²) in [5, 5.41) is 8.84.